The van der Waals surface area contributed by atoms with E-state index in [4.69, 9.17) is 5.73 Å². The van der Waals surface area contributed by atoms with Crippen LogP contribution < -0.4 is 5.73 Å². The molecular formula is C12H16N2. The van der Waals surface area contributed by atoms with Crippen molar-refractivity contribution in [2.24, 2.45) is 5.73 Å². The first-order valence-corrected chi connectivity index (χ1v) is 5.00. The summed E-state index contributed by atoms with van der Waals surface area (Å²) in [5.74, 6) is 0.439. The molecule has 2 aromatic rings. The van der Waals surface area contributed by atoms with Gasteiger partial charge in [0.05, 0.1) is 0 Å². The lowest BCUT2D eigenvalue weighted by Crippen LogP contribution is -2.08. The number of aromatic amines is 1. The zero-order valence-corrected chi connectivity index (χ0v) is 8.67. The molecule has 0 aliphatic heterocycles. The second-order valence-electron chi connectivity index (χ2n) is 3.94. The fourth-order valence-electron chi connectivity index (χ4n) is 1.74. The maximum Gasteiger partial charge on any atom is 0.0456 e. The Bertz CT molecular complexity index is 443. The van der Waals surface area contributed by atoms with E-state index in [1.54, 1.807) is 0 Å². The molecule has 0 amide bonds. The van der Waals surface area contributed by atoms with Crippen molar-refractivity contribution in [2.75, 3.05) is 6.54 Å². The van der Waals surface area contributed by atoms with Crippen LogP contribution in [0.4, 0.5) is 0 Å². The third-order valence-electron chi connectivity index (χ3n) is 2.70. The summed E-state index contributed by atoms with van der Waals surface area (Å²) >= 11 is 0. The molecule has 3 N–H and O–H groups in total. The SMILES string of the molecule is Cc1cc2cc(C(C)CN)ccc2[nH]1. The van der Waals surface area contributed by atoms with E-state index >= 15 is 0 Å². The number of hydrogen-bond donors (Lipinski definition) is 2. The number of H-pyrrole nitrogens is 1. The van der Waals surface area contributed by atoms with Gasteiger partial charge in [0.2, 0.25) is 0 Å². The molecule has 14 heavy (non-hydrogen) atoms. The summed E-state index contributed by atoms with van der Waals surface area (Å²) in [6, 6.07) is 8.66. The van der Waals surface area contributed by atoms with Crippen LogP contribution in [0.3, 0.4) is 0 Å². The number of hydrogen-bond acceptors (Lipinski definition) is 1. The lowest BCUT2D eigenvalue weighted by atomic mass is 10.0. The number of nitrogens with two attached hydrogens (primary N) is 1. The van der Waals surface area contributed by atoms with Gasteiger partial charge in [-0.1, -0.05) is 13.0 Å². The first-order valence-electron chi connectivity index (χ1n) is 5.00. The Hall–Kier alpha value is -1.28. The molecule has 1 aromatic heterocycles. The molecule has 2 rings (SSSR count). The molecule has 1 heterocycles. The molecule has 2 nitrogen and oxygen atoms in total. The van der Waals surface area contributed by atoms with E-state index in [-0.39, 0.29) is 0 Å². The number of benzene rings is 1. The molecule has 0 radical (unpaired) electrons. The van der Waals surface area contributed by atoms with Gasteiger partial charge in [-0.3, -0.25) is 0 Å². The van der Waals surface area contributed by atoms with E-state index < -0.39 is 0 Å². The van der Waals surface area contributed by atoms with E-state index in [0.29, 0.717) is 12.5 Å². The smallest absolute Gasteiger partial charge is 0.0456 e. The summed E-state index contributed by atoms with van der Waals surface area (Å²) in [6.07, 6.45) is 0. The minimum Gasteiger partial charge on any atom is -0.359 e. The average Bonchev–Trinajstić information content (AvgIpc) is 2.55. The van der Waals surface area contributed by atoms with Crippen LogP contribution in [0.5, 0.6) is 0 Å². The fraction of sp³-hybridized carbons (Fsp3) is 0.333. The maximum atomic E-state index is 5.65. The van der Waals surface area contributed by atoms with Crippen LogP contribution in [0.1, 0.15) is 24.1 Å². The van der Waals surface area contributed by atoms with Gasteiger partial charge in [-0.05, 0) is 48.5 Å². The molecule has 0 spiro atoms. The molecule has 1 aromatic carbocycles. The van der Waals surface area contributed by atoms with Crippen molar-refractivity contribution in [1.82, 2.24) is 4.98 Å². The Morgan fingerprint density at radius 2 is 2.14 bits per heavy atom. The van der Waals surface area contributed by atoms with Crippen molar-refractivity contribution in [1.29, 1.82) is 0 Å². The molecule has 0 saturated heterocycles. The van der Waals surface area contributed by atoms with Gasteiger partial charge in [0.25, 0.3) is 0 Å². The number of fused-ring (bicyclic) bond motifs is 1. The van der Waals surface area contributed by atoms with Crippen LogP contribution in [0, 0.1) is 6.92 Å². The third-order valence-corrected chi connectivity index (χ3v) is 2.70. The summed E-state index contributed by atoms with van der Waals surface area (Å²) < 4.78 is 0. The molecule has 0 fully saturated rings. The molecule has 0 bridgehead atoms. The van der Waals surface area contributed by atoms with Gasteiger partial charge >= 0.3 is 0 Å². The minimum atomic E-state index is 0.439. The summed E-state index contributed by atoms with van der Waals surface area (Å²) in [4.78, 5) is 3.31. The molecule has 0 aliphatic carbocycles. The van der Waals surface area contributed by atoms with Crippen molar-refractivity contribution in [2.45, 2.75) is 19.8 Å². The van der Waals surface area contributed by atoms with Crippen molar-refractivity contribution in [3.63, 3.8) is 0 Å². The lowest BCUT2D eigenvalue weighted by molar-refractivity contribution is 0.775. The van der Waals surface area contributed by atoms with Gasteiger partial charge < -0.3 is 10.7 Å². The number of aryl methyl sites for hydroxylation is 1. The Morgan fingerprint density at radius 1 is 1.36 bits per heavy atom. The van der Waals surface area contributed by atoms with E-state index in [1.807, 2.05) is 0 Å². The highest BCUT2D eigenvalue weighted by Crippen LogP contribution is 2.21. The van der Waals surface area contributed by atoms with Crippen molar-refractivity contribution in [3.05, 3.63) is 35.5 Å². The zero-order chi connectivity index (χ0) is 10.1. The van der Waals surface area contributed by atoms with Crippen LogP contribution in [0.2, 0.25) is 0 Å². The van der Waals surface area contributed by atoms with Gasteiger partial charge in [0.15, 0.2) is 0 Å². The standard InChI is InChI=1S/C12H16N2/c1-8(7-13)10-3-4-12-11(6-10)5-9(2)14-12/h3-6,8,14H,7,13H2,1-2H3. The van der Waals surface area contributed by atoms with E-state index in [1.165, 1.54) is 22.2 Å². The molecular weight excluding hydrogens is 172 g/mol. The monoisotopic (exact) mass is 188 g/mol. The highest BCUT2D eigenvalue weighted by atomic mass is 14.7. The van der Waals surface area contributed by atoms with Crippen LogP contribution in [-0.2, 0) is 0 Å². The number of aromatic nitrogens is 1. The van der Waals surface area contributed by atoms with Crippen LogP contribution in [0.25, 0.3) is 10.9 Å². The molecule has 0 aliphatic rings. The lowest BCUT2D eigenvalue weighted by Gasteiger charge is -2.08. The average molecular weight is 188 g/mol. The highest BCUT2D eigenvalue weighted by Gasteiger charge is 2.04. The van der Waals surface area contributed by atoms with Crippen molar-refractivity contribution in [3.8, 4) is 0 Å². The third kappa shape index (κ3) is 1.53. The predicted molar refractivity (Wildman–Crippen MR) is 60.5 cm³/mol. The summed E-state index contributed by atoms with van der Waals surface area (Å²) in [6.45, 7) is 4.93. The molecule has 1 atom stereocenters. The maximum absolute atomic E-state index is 5.65. The quantitative estimate of drug-likeness (QED) is 0.747. The summed E-state index contributed by atoms with van der Waals surface area (Å²) in [5.41, 5.74) is 9.37. The second-order valence-corrected chi connectivity index (χ2v) is 3.94. The van der Waals surface area contributed by atoms with Gasteiger partial charge in [-0.2, -0.15) is 0 Å². The number of rotatable bonds is 2. The van der Waals surface area contributed by atoms with Crippen LogP contribution >= 0.6 is 0 Å². The van der Waals surface area contributed by atoms with Crippen molar-refractivity contribution < 1.29 is 0 Å². The van der Waals surface area contributed by atoms with Gasteiger partial charge in [-0.15, -0.1) is 0 Å². The van der Waals surface area contributed by atoms with E-state index in [2.05, 4.69) is 43.1 Å². The van der Waals surface area contributed by atoms with Crippen molar-refractivity contribution >= 4 is 10.9 Å². The normalized spacial score (nSPS) is 13.4. The van der Waals surface area contributed by atoms with Crippen LogP contribution in [0.15, 0.2) is 24.3 Å². The first kappa shape index (κ1) is 9.28. The van der Waals surface area contributed by atoms with E-state index in [0.717, 1.165) is 0 Å². The molecule has 74 valence electrons. The molecule has 1 unspecified atom stereocenters. The second kappa shape index (κ2) is 3.46. The summed E-state index contributed by atoms with van der Waals surface area (Å²) in [7, 11) is 0. The Labute approximate surface area is 84.1 Å². The van der Waals surface area contributed by atoms with Gasteiger partial charge in [-0.25, -0.2) is 0 Å². The number of nitrogens with one attached hydrogen (secondary N) is 1. The zero-order valence-electron chi connectivity index (χ0n) is 8.67. The van der Waals surface area contributed by atoms with Gasteiger partial charge in [0.1, 0.15) is 0 Å². The van der Waals surface area contributed by atoms with Crippen LogP contribution in [-0.4, -0.2) is 11.5 Å². The van der Waals surface area contributed by atoms with E-state index in [9.17, 15) is 0 Å². The largest absolute Gasteiger partial charge is 0.359 e. The Balaban J connectivity index is 2.50. The Morgan fingerprint density at radius 3 is 2.86 bits per heavy atom. The highest BCUT2D eigenvalue weighted by molar-refractivity contribution is 5.81. The predicted octanol–water partition coefficient (Wildman–Crippen LogP) is 2.54. The topological polar surface area (TPSA) is 41.8 Å². The minimum absolute atomic E-state index is 0.439. The Kier molecular flexibility index (Phi) is 2.30. The molecule has 0 saturated carbocycles. The fourth-order valence-corrected chi connectivity index (χ4v) is 1.74. The molecule has 2 heteroatoms. The first-order chi connectivity index (χ1) is 6.70. The summed E-state index contributed by atoms with van der Waals surface area (Å²) in [5, 5.41) is 1.28. The van der Waals surface area contributed by atoms with Gasteiger partial charge in [0, 0.05) is 11.2 Å².